The van der Waals surface area contributed by atoms with Gasteiger partial charge in [0.25, 0.3) is 0 Å². The minimum absolute atomic E-state index is 1.30. The van der Waals surface area contributed by atoms with Crippen molar-refractivity contribution in [3.63, 3.8) is 0 Å². The van der Waals surface area contributed by atoms with Gasteiger partial charge in [-0.05, 0) is 88.9 Å². The van der Waals surface area contributed by atoms with Gasteiger partial charge in [-0.25, -0.2) is 0 Å². The van der Waals surface area contributed by atoms with Gasteiger partial charge in [0.05, 0.1) is 0 Å². The van der Waals surface area contributed by atoms with Crippen LogP contribution in [0.1, 0.15) is 0 Å². The first-order valence-electron chi connectivity index (χ1n) is 9.79. The van der Waals surface area contributed by atoms with Crippen LogP contribution >= 0.6 is 0 Å². The molecular weight excluding hydrogens is 336 g/mol. The third-order valence-corrected chi connectivity index (χ3v) is 6.31. The average molecular weight is 352 g/mol. The first-order chi connectivity index (χ1) is 13.9. The molecule has 28 heavy (non-hydrogen) atoms. The molecule has 128 valence electrons. The SMILES string of the molecule is c1ccc2cc3c(cc2c1)cc1ccc2c4ccccc4cc4ccc3c1c42. The molecule has 0 heterocycles. The Morgan fingerprint density at radius 2 is 0.821 bits per heavy atom. The van der Waals surface area contributed by atoms with E-state index in [1.165, 1.54) is 64.6 Å². The topological polar surface area (TPSA) is 0 Å². The molecule has 0 saturated carbocycles. The Labute approximate surface area is 162 Å². The van der Waals surface area contributed by atoms with Crippen molar-refractivity contribution < 1.29 is 0 Å². The van der Waals surface area contributed by atoms with E-state index in [4.69, 9.17) is 0 Å². The molecule has 0 heteroatoms. The molecule has 0 fully saturated rings. The van der Waals surface area contributed by atoms with Crippen LogP contribution in [0, 0.1) is 0 Å². The Morgan fingerprint density at radius 1 is 0.286 bits per heavy atom. The molecule has 0 unspecified atom stereocenters. The van der Waals surface area contributed by atoms with Crippen molar-refractivity contribution in [1.82, 2.24) is 0 Å². The van der Waals surface area contributed by atoms with Gasteiger partial charge in [0.15, 0.2) is 0 Å². The number of fused-ring (bicyclic) bond motifs is 5. The Bertz CT molecular complexity index is 1700. The van der Waals surface area contributed by atoms with Gasteiger partial charge in [0, 0.05) is 0 Å². The van der Waals surface area contributed by atoms with Crippen LogP contribution in [0.4, 0.5) is 0 Å². The summed E-state index contributed by atoms with van der Waals surface area (Å²) in [6, 6.07) is 36.0. The van der Waals surface area contributed by atoms with Crippen LogP contribution in [0.3, 0.4) is 0 Å². The molecule has 0 aliphatic rings. The Kier molecular flexibility index (Phi) is 2.57. The van der Waals surface area contributed by atoms with Crippen LogP contribution in [-0.4, -0.2) is 0 Å². The lowest BCUT2D eigenvalue weighted by molar-refractivity contribution is 1.79. The number of hydrogen-bond acceptors (Lipinski definition) is 0. The van der Waals surface area contributed by atoms with Crippen molar-refractivity contribution in [2.75, 3.05) is 0 Å². The van der Waals surface area contributed by atoms with Gasteiger partial charge in [-0.15, -0.1) is 0 Å². The summed E-state index contributed by atoms with van der Waals surface area (Å²) < 4.78 is 0. The van der Waals surface area contributed by atoms with Gasteiger partial charge >= 0.3 is 0 Å². The van der Waals surface area contributed by atoms with E-state index in [0.29, 0.717) is 0 Å². The van der Waals surface area contributed by atoms with Crippen LogP contribution in [0.15, 0.2) is 97.1 Å². The summed E-state index contributed by atoms with van der Waals surface area (Å²) >= 11 is 0. The van der Waals surface area contributed by atoms with E-state index in [1.807, 2.05) is 0 Å². The summed E-state index contributed by atoms with van der Waals surface area (Å²) in [7, 11) is 0. The first kappa shape index (κ1) is 14.4. The van der Waals surface area contributed by atoms with Gasteiger partial charge in [-0.3, -0.25) is 0 Å². The molecule has 0 N–H and O–H groups in total. The first-order valence-corrected chi connectivity index (χ1v) is 9.79. The highest BCUT2D eigenvalue weighted by molar-refractivity contribution is 6.33. The molecule has 0 radical (unpaired) electrons. The highest BCUT2D eigenvalue weighted by Crippen LogP contribution is 2.41. The van der Waals surface area contributed by atoms with Crippen LogP contribution in [0.25, 0.3) is 64.6 Å². The van der Waals surface area contributed by atoms with Crippen LogP contribution in [0.5, 0.6) is 0 Å². The second-order valence-corrected chi connectivity index (χ2v) is 7.82. The van der Waals surface area contributed by atoms with Crippen LogP contribution < -0.4 is 0 Å². The predicted molar refractivity (Wildman–Crippen MR) is 123 cm³/mol. The van der Waals surface area contributed by atoms with Crippen molar-refractivity contribution >= 4 is 64.6 Å². The monoisotopic (exact) mass is 352 g/mol. The maximum atomic E-state index is 2.36. The lowest BCUT2D eigenvalue weighted by Crippen LogP contribution is -1.87. The Hall–Kier alpha value is -3.64. The summed E-state index contributed by atoms with van der Waals surface area (Å²) in [4.78, 5) is 0. The molecule has 0 atom stereocenters. The fourth-order valence-electron chi connectivity index (χ4n) is 5.05. The van der Waals surface area contributed by atoms with Crippen molar-refractivity contribution in [1.29, 1.82) is 0 Å². The maximum absolute atomic E-state index is 2.36. The zero-order valence-corrected chi connectivity index (χ0v) is 15.2. The highest BCUT2D eigenvalue weighted by Gasteiger charge is 2.13. The lowest BCUT2D eigenvalue weighted by atomic mass is 9.88. The highest BCUT2D eigenvalue weighted by atomic mass is 14.2. The van der Waals surface area contributed by atoms with Crippen molar-refractivity contribution in [2.45, 2.75) is 0 Å². The van der Waals surface area contributed by atoms with E-state index in [1.54, 1.807) is 0 Å². The Morgan fingerprint density at radius 3 is 1.57 bits per heavy atom. The van der Waals surface area contributed by atoms with Crippen molar-refractivity contribution in [2.24, 2.45) is 0 Å². The number of rotatable bonds is 0. The summed E-state index contributed by atoms with van der Waals surface area (Å²) in [5.74, 6) is 0. The third kappa shape index (κ3) is 1.75. The quantitative estimate of drug-likeness (QED) is 0.191. The molecule has 0 nitrogen and oxygen atoms in total. The summed E-state index contributed by atoms with van der Waals surface area (Å²) in [5, 5.41) is 16.0. The zero-order valence-electron chi connectivity index (χ0n) is 15.2. The van der Waals surface area contributed by atoms with Crippen LogP contribution in [0.2, 0.25) is 0 Å². The molecule has 7 aromatic rings. The third-order valence-electron chi connectivity index (χ3n) is 6.31. The van der Waals surface area contributed by atoms with Crippen LogP contribution in [-0.2, 0) is 0 Å². The molecule has 0 spiro atoms. The zero-order chi connectivity index (χ0) is 18.2. The van der Waals surface area contributed by atoms with Gasteiger partial charge in [0.2, 0.25) is 0 Å². The largest absolute Gasteiger partial charge is 0.0616 e. The van der Waals surface area contributed by atoms with E-state index in [2.05, 4.69) is 97.1 Å². The maximum Gasteiger partial charge on any atom is -0.00201 e. The smallest absolute Gasteiger partial charge is 0.00201 e. The normalized spacial score (nSPS) is 12.3. The summed E-state index contributed by atoms with van der Waals surface area (Å²) in [5.41, 5.74) is 0. The summed E-state index contributed by atoms with van der Waals surface area (Å²) in [6.45, 7) is 0. The molecular formula is C28H16. The average Bonchev–Trinajstić information content (AvgIpc) is 2.75. The van der Waals surface area contributed by atoms with Gasteiger partial charge < -0.3 is 0 Å². The number of benzene rings is 7. The lowest BCUT2D eigenvalue weighted by Gasteiger charge is -2.15. The van der Waals surface area contributed by atoms with Gasteiger partial charge in [-0.1, -0.05) is 72.8 Å². The molecule has 0 saturated heterocycles. The second kappa shape index (κ2) is 4.99. The number of hydrogen-bond donors (Lipinski definition) is 0. The standard InChI is InChI=1S/C28H16/c1-2-6-18-16-26-22(13-17(18)5-1)15-21-9-11-24-23-8-4-3-7-19(23)14-20-10-12-25(26)28(21)27(20)24/h1-16H. The van der Waals surface area contributed by atoms with E-state index in [0.717, 1.165) is 0 Å². The Balaban J connectivity index is 1.78. The second-order valence-electron chi connectivity index (χ2n) is 7.82. The molecule has 0 aliphatic carbocycles. The molecule has 7 aromatic carbocycles. The molecule has 0 aromatic heterocycles. The van der Waals surface area contributed by atoms with E-state index in [-0.39, 0.29) is 0 Å². The predicted octanol–water partition coefficient (Wildman–Crippen LogP) is 8.04. The fraction of sp³-hybridized carbons (Fsp3) is 0. The molecule has 0 aliphatic heterocycles. The van der Waals surface area contributed by atoms with E-state index < -0.39 is 0 Å². The molecule has 0 bridgehead atoms. The minimum atomic E-state index is 1.30. The summed E-state index contributed by atoms with van der Waals surface area (Å²) in [6.07, 6.45) is 0. The molecule has 7 rings (SSSR count). The fourth-order valence-corrected chi connectivity index (χ4v) is 5.05. The van der Waals surface area contributed by atoms with E-state index >= 15 is 0 Å². The van der Waals surface area contributed by atoms with E-state index in [9.17, 15) is 0 Å². The van der Waals surface area contributed by atoms with Crippen molar-refractivity contribution in [3.05, 3.63) is 97.1 Å². The van der Waals surface area contributed by atoms with Gasteiger partial charge in [0.1, 0.15) is 0 Å². The minimum Gasteiger partial charge on any atom is -0.0616 e. The van der Waals surface area contributed by atoms with Crippen molar-refractivity contribution in [3.8, 4) is 0 Å². The van der Waals surface area contributed by atoms with Gasteiger partial charge in [-0.2, -0.15) is 0 Å². The molecule has 0 amide bonds.